The number of aliphatic hydroxyl groups is 2. The quantitative estimate of drug-likeness (QED) is 0.396. The summed E-state index contributed by atoms with van der Waals surface area (Å²) >= 11 is 0. The molecule has 1 saturated carbocycles. The summed E-state index contributed by atoms with van der Waals surface area (Å²) in [7, 11) is 0. The highest BCUT2D eigenvalue weighted by molar-refractivity contribution is 5.76. The van der Waals surface area contributed by atoms with Crippen molar-refractivity contribution < 1.29 is 38.8 Å². The number of carbonyl (C=O) groups is 3. The van der Waals surface area contributed by atoms with Crippen molar-refractivity contribution in [1.29, 1.82) is 0 Å². The van der Waals surface area contributed by atoms with Crippen LogP contribution in [0.3, 0.4) is 0 Å². The summed E-state index contributed by atoms with van der Waals surface area (Å²) < 4.78 is 16.9. The summed E-state index contributed by atoms with van der Waals surface area (Å²) in [5.74, 6) is -3.54. The van der Waals surface area contributed by atoms with Gasteiger partial charge in [-0.1, -0.05) is 26.3 Å². The van der Waals surface area contributed by atoms with E-state index in [-0.39, 0.29) is 5.92 Å². The van der Waals surface area contributed by atoms with E-state index in [1.54, 1.807) is 13.8 Å². The van der Waals surface area contributed by atoms with E-state index in [0.717, 1.165) is 5.57 Å². The maximum Gasteiger partial charge on any atom is 0.309 e. The van der Waals surface area contributed by atoms with Gasteiger partial charge in [0.15, 0.2) is 6.10 Å². The molecule has 2 N–H and O–H groups in total. The third kappa shape index (κ3) is 3.54. The molecule has 8 heteroatoms. The summed E-state index contributed by atoms with van der Waals surface area (Å²) in [5.41, 5.74) is -0.395. The van der Waals surface area contributed by atoms with Crippen LogP contribution in [0, 0.1) is 23.7 Å². The van der Waals surface area contributed by atoms with E-state index < -0.39 is 65.7 Å². The zero-order valence-corrected chi connectivity index (χ0v) is 18.4. The maximum atomic E-state index is 12.5. The van der Waals surface area contributed by atoms with Gasteiger partial charge in [-0.2, -0.15) is 0 Å². The minimum Gasteiger partial charge on any atom is -0.462 e. The summed E-state index contributed by atoms with van der Waals surface area (Å²) in [4.78, 5) is 36.7. The number of aliphatic hydroxyl groups excluding tert-OH is 1. The van der Waals surface area contributed by atoms with Gasteiger partial charge in [0.1, 0.15) is 23.9 Å². The molecule has 1 heterocycles. The van der Waals surface area contributed by atoms with E-state index in [1.807, 2.05) is 13.8 Å². The average molecular weight is 424 g/mol. The van der Waals surface area contributed by atoms with Gasteiger partial charge < -0.3 is 24.4 Å². The Bertz CT molecular complexity index is 769. The monoisotopic (exact) mass is 424 g/mol. The first-order chi connectivity index (χ1) is 13.9. The van der Waals surface area contributed by atoms with Gasteiger partial charge in [-0.05, 0) is 25.8 Å². The summed E-state index contributed by atoms with van der Waals surface area (Å²) in [6.45, 7) is 9.89. The van der Waals surface area contributed by atoms with Gasteiger partial charge >= 0.3 is 17.9 Å². The second-order valence-electron chi connectivity index (χ2n) is 9.17. The lowest BCUT2D eigenvalue weighted by Crippen LogP contribution is -2.49. The van der Waals surface area contributed by atoms with Crippen LogP contribution in [0.15, 0.2) is 11.1 Å². The maximum absolute atomic E-state index is 12.5. The number of carbonyl (C=O) groups excluding carboxylic acids is 3. The highest BCUT2D eigenvalue weighted by Gasteiger charge is 2.65. The molecule has 2 fully saturated rings. The van der Waals surface area contributed by atoms with Gasteiger partial charge in [0, 0.05) is 19.3 Å². The van der Waals surface area contributed by atoms with Crippen LogP contribution in [0.2, 0.25) is 0 Å². The molecule has 1 saturated heterocycles. The predicted octanol–water partition coefficient (Wildman–Crippen LogP) is 1.52. The first-order valence-corrected chi connectivity index (χ1v) is 10.6. The minimum atomic E-state index is -1.70. The topological polar surface area (TPSA) is 119 Å². The first kappa shape index (κ1) is 22.7. The van der Waals surface area contributed by atoms with E-state index in [2.05, 4.69) is 0 Å². The number of rotatable bonds is 4. The molecule has 0 spiro atoms. The van der Waals surface area contributed by atoms with E-state index >= 15 is 0 Å². The minimum absolute atomic E-state index is 0.299. The fourth-order valence-corrected chi connectivity index (χ4v) is 5.18. The van der Waals surface area contributed by atoms with Gasteiger partial charge in [-0.25, -0.2) is 0 Å². The number of fused-ring (bicyclic) bond motifs is 3. The van der Waals surface area contributed by atoms with Crippen LogP contribution < -0.4 is 0 Å². The van der Waals surface area contributed by atoms with Gasteiger partial charge in [0.05, 0.1) is 17.8 Å². The second-order valence-corrected chi connectivity index (χ2v) is 9.17. The van der Waals surface area contributed by atoms with Crippen molar-refractivity contribution >= 4 is 17.9 Å². The summed E-state index contributed by atoms with van der Waals surface area (Å²) in [5, 5.41) is 22.2. The molecule has 3 rings (SSSR count). The van der Waals surface area contributed by atoms with Crippen LogP contribution >= 0.6 is 0 Å². The van der Waals surface area contributed by atoms with Crippen molar-refractivity contribution in [1.82, 2.24) is 0 Å². The predicted molar refractivity (Wildman–Crippen MR) is 105 cm³/mol. The Hall–Kier alpha value is -1.93. The van der Waals surface area contributed by atoms with Crippen molar-refractivity contribution in [3.63, 3.8) is 0 Å². The number of hydrogen-bond acceptors (Lipinski definition) is 8. The Balaban J connectivity index is 2.09. The van der Waals surface area contributed by atoms with E-state index in [4.69, 9.17) is 14.2 Å². The molecule has 8 nitrogen and oxygen atoms in total. The van der Waals surface area contributed by atoms with Gasteiger partial charge in [0.2, 0.25) is 0 Å². The highest BCUT2D eigenvalue weighted by atomic mass is 16.6. The lowest BCUT2D eigenvalue weighted by atomic mass is 9.76. The third-order valence-electron chi connectivity index (χ3n) is 7.07. The SMILES string of the molecule is CCC(C)C(=O)O[C@H]1C2=C(C)C[C@@H](OC(C)=O)[C@@H]3[C@H](OC(=O)[C@@H]3C)C2[C@](C)(O)[C@H]1O. The van der Waals surface area contributed by atoms with Crippen LogP contribution in [-0.4, -0.2) is 58.1 Å². The molecule has 0 aromatic heterocycles. The Morgan fingerprint density at radius 2 is 1.97 bits per heavy atom. The zero-order chi connectivity index (χ0) is 22.5. The van der Waals surface area contributed by atoms with Crippen LogP contribution in [0.1, 0.15) is 54.4 Å². The molecular formula is C22H32O8. The normalized spacial score (nSPS) is 41.5. The smallest absolute Gasteiger partial charge is 0.309 e. The lowest BCUT2D eigenvalue weighted by Gasteiger charge is -2.35. The van der Waals surface area contributed by atoms with E-state index in [1.165, 1.54) is 13.8 Å². The Morgan fingerprint density at radius 3 is 2.53 bits per heavy atom. The standard InChI is InChI=1S/C22H32O8/c1-7-9(2)20(25)30-18-14-10(3)8-13(28-12(5)23)15-11(4)21(26)29-17(15)16(14)22(6,27)19(18)24/h9,11,13,15-19,24,27H,7-8H2,1-6H3/t9?,11-,13-,15-,16?,17+,18+,19+,22+/m1/s1. The van der Waals surface area contributed by atoms with E-state index in [0.29, 0.717) is 18.4 Å². The molecule has 0 radical (unpaired) electrons. The van der Waals surface area contributed by atoms with Crippen LogP contribution in [-0.2, 0) is 28.6 Å². The van der Waals surface area contributed by atoms with E-state index in [9.17, 15) is 24.6 Å². The molecule has 0 aromatic carbocycles. The molecule has 0 aromatic rings. The number of ether oxygens (including phenoxy) is 3. The van der Waals surface area contributed by atoms with Gasteiger partial charge in [-0.15, -0.1) is 0 Å². The van der Waals surface area contributed by atoms with Crippen molar-refractivity contribution in [2.45, 2.75) is 84.4 Å². The van der Waals surface area contributed by atoms with Crippen molar-refractivity contribution in [3.05, 3.63) is 11.1 Å². The molecule has 0 amide bonds. The Labute approximate surface area is 176 Å². The molecule has 1 aliphatic heterocycles. The Morgan fingerprint density at radius 1 is 1.33 bits per heavy atom. The Kier molecular flexibility index (Phi) is 6.04. The van der Waals surface area contributed by atoms with Crippen LogP contribution in [0.25, 0.3) is 0 Å². The zero-order valence-electron chi connectivity index (χ0n) is 18.4. The largest absolute Gasteiger partial charge is 0.462 e. The molecule has 3 aliphatic rings. The van der Waals surface area contributed by atoms with Crippen LogP contribution in [0.4, 0.5) is 0 Å². The first-order valence-electron chi connectivity index (χ1n) is 10.6. The third-order valence-corrected chi connectivity index (χ3v) is 7.07. The molecule has 30 heavy (non-hydrogen) atoms. The summed E-state index contributed by atoms with van der Waals surface area (Å²) in [6.07, 6.45) is -2.98. The molecular weight excluding hydrogens is 392 g/mol. The average Bonchev–Trinajstić information content (AvgIpc) is 2.99. The molecule has 168 valence electrons. The summed E-state index contributed by atoms with van der Waals surface area (Å²) in [6, 6.07) is 0. The van der Waals surface area contributed by atoms with Crippen molar-refractivity contribution in [2.24, 2.45) is 23.7 Å². The van der Waals surface area contributed by atoms with Gasteiger partial charge in [-0.3, -0.25) is 14.4 Å². The number of esters is 3. The number of hydrogen-bond donors (Lipinski definition) is 2. The van der Waals surface area contributed by atoms with Crippen LogP contribution in [0.5, 0.6) is 0 Å². The fourth-order valence-electron chi connectivity index (χ4n) is 5.18. The fraction of sp³-hybridized carbons (Fsp3) is 0.773. The molecule has 0 bridgehead atoms. The molecule has 2 aliphatic carbocycles. The lowest BCUT2D eigenvalue weighted by molar-refractivity contribution is -0.164. The van der Waals surface area contributed by atoms with Crippen molar-refractivity contribution in [3.8, 4) is 0 Å². The molecule has 9 atom stereocenters. The molecule has 2 unspecified atom stereocenters. The highest BCUT2D eigenvalue weighted by Crippen LogP contribution is 2.54. The van der Waals surface area contributed by atoms with Gasteiger partial charge in [0.25, 0.3) is 0 Å². The van der Waals surface area contributed by atoms with Crippen molar-refractivity contribution in [2.75, 3.05) is 0 Å². The second kappa shape index (κ2) is 7.96.